The van der Waals surface area contributed by atoms with E-state index in [2.05, 4.69) is 235 Å². The lowest BCUT2D eigenvalue weighted by Crippen LogP contribution is -2.28. The molecule has 0 bridgehead atoms. The second kappa shape index (κ2) is 14.6. The molecule has 0 saturated heterocycles. The first-order valence-corrected chi connectivity index (χ1v) is 22.7. The zero-order valence-electron chi connectivity index (χ0n) is 34.8. The van der Waals surface area contributed by atoms with E-state index in [4.69, 9.17) is 4.42 Å². The van der Waals surface area contributed by atoms with Crippen molar-refractivity contribution in [3.05, 3.63) is 259 Å². The Labute approximate surface area is 375 Å². The first-order chi connectivity index (χ1) is 31.7. The van der Waals surface area contributed by atoms with E-state index in [0.717, 1.165) is 50.1 Å². The van der Waals surface area contributed by atoms with Crippen molar-refractivity contribution in [3.8, 4) is 33.4 Å². The Morgan fingerprint density at radius 3 is 1.77 bits per heavy atom. The number of rotatable bonds is 7. The smallest absolute Gasteiger partial charge is 0.143 e. The highest BCUT2D eigenvalue weighted by atomic mass is 32.1. The highest BCUT2D eigenvalue weighted by Crippen LogP contribution is 2.57. The largest absolute Gasteiger partial charge is 0.455 e. The van der Waals surface area contributed by atoms with Crippen LogP contribution in [0.1, 0.15) is 22.3 Å². The van der Waals surface area contributed by atoms with Crippen molar-refractivity contribution in [3.63, 3.8) is 0 Å². The molecule has 2 aromatic heterocycles. The summed E-state index contributed by atoms with van der Waals surface area (Å²) in [4.78, 5) is 2.44. The average molecular weight is 834 g/mol. The summed E-state index contributed by atoms with van der Waals surface area (Å²) >= 11 is 1.86. The first-order valence-electron chi connectivity index (χ1n) is 21.9. The van der Waals surface area contributed by atoms with Crippen molar-refractivity contribution in [1.29, 1.82) is 0 Å². The van der Waals surface area contributed by atoms with E-state index in [1.54, 1.807) is 0 Å². The Morgan fingerprint density at radius 2 is 0.922 bits per heavy atom. The number of benzene rings is 10. The van der Waals surface area contributed by atoms with E-state index in [9.17, 15) is 0 Å². The molecule has 300 valence electrons. The van der Waals surface area contributed by atoms with E-state index < -0.39 is 5.41 Å². The van der Waals surface area contributed by atoms with Crippen LogP contribution in [0.5, 0.6) is 0 Å². The van der Waals surface area contributed by atoms with Gasteiger partial charge >= 0.3 is 0 Å². The van der Waals surface area contributed by atoms with E-state index in [0.29, 0.717) is 0 Å². The lowest BCUT2D eigenvalue weighted by atomic mass is 9.67. The minimum absolute atomic E-state index is 0.592. The maximum Gasteiger partial charge on any atom is 0.143 e. The molecule has 0 fully saturated rings. The van der Waals surface area contributed by atoms with Gasteiger partial charge in [-0.15, -0.1) is 11.3 Å². The number of anilines is 3. The summed E-state index contributed by atoms with van der Waals surface area (Å²) < 4.78 is 9.10. The summed E-state index contributed by atoms with van der Waals surface area (Å²) in [6.07, 6.45) is 0. The van der Waals surface area contributed by atoms with Crippen LogP contribution in [0.25, 0.3) is 75.5 Å². The first kappa shape index (κ1) is 36.7. The van der Waals surface area contributed by atoms with Crippen LogP contribution in [0.3, 0.4) is 0 Å². The van der Waals surface area contributed by atoms with E-state index in [1.807, 2.05) is 17.4 Å². The molecule has 0 N–H and O–H groups in total. The molecular formula is C61H39NOS. The molecule has 2 nitrogen and oxygen atoms in total. The van der Waals surface area contributed by atoms with E-state index in [-0.39, 0.29) is 0 Å². The Morgan fingerprint density at radius 1 is 0.344 bits per heavy atom. The fourth-order valence-corrected chi connectivity index (χ4v) is 11.6. The molecule has 10 aromatic carbocycles. The molecule has 1 aliphatic rings. The van der Waals surface area contributed by atoms with Gasteiger partial charge in [0, 0.05) is 53.6 Å². The number of hydrogen-bond acceptors (Lipinski definition) is 3. The standard InChI is InChI=1S/C61H39NOS/c1-3-14-40(15-4-1)41-28-32-45(33-29-41)62(47-35-37-53-52-20-9-12-25-58(52)64-59(53)39-47)46-34-36-50-49-18-7-10-23-55(49)61(56(50)38-46,43-16-5-2-6-17-43)44-30-26-42(27-31-44)48-21-13-22-54-51-19-8-11-24-57(51)63-60(48)54/h1-39H. The van der Waals surface area contributed by atoms with Crippen LogP contribution < -0.4 is 4.90 Å². The molecule has 13 rings (SSSR count). The second-order valence-electron chi connectivity index (χ2n) is 16.8. The molecule has 2 heterocycles. The highest BCUT2D eigenvalue weighted by molar-refractivity contribution is 7.25. The van der Waals surface area contributed by atoms with Crippen LogP contribution in [-0.4, -0.2) is 0 Å². The average Bonchev–Trinajstić information content (AvgIpc) is 4.03. The molecule has 3 heteroatoms. The van der Waals surface area contributed by atoms with E-state index >= 15 is 0 Å². The van der Waals surface area contributed by atoms with Crippen LogP contribution in [-0.2, 0) is 5.41 Å². The van der Waals surface area contributed by atoms with Crippen LogP contribution in [0.2, 0.25) is 0 Å². The Kier molecular flexibility index (Phi) is 8.34. The molecule has 12 aromatic rings. The van der Waals surface area contributed by atoms with Crippen molar-refractivity contribution in [2.45, 2.75) is 5.41 Å². The minimum Gasteiger partial charge on any atom is -0.455 e. The maximum atomic E-state index is 6.52. The number of nitrogens with zero attached hydrogens (tertiary/aromatic N) is 1. The molecular weight excluding hydrogens is 795 g/mol. The normalized spacial score (nSPS) is 14.3. The number of para-hydroxylation sites is 2. The molecule has 0 saturated carbocycles. The zero-order valence-corrected chi connectivity index (χ0v) is 35.6. The molecule has 0 radical (unpaired) electrons. The molecule has 0 spiro atoms. The van der Waals surface area contributed by atoms with Gasteiger partial charge in [0.05, 0.1) is 5.41 Å². The summed E-state index contributed by atoms with van der Waals surface area (Å²) in [5.74, 6) is 0. The maximum absolute atomic E-state index is 6.52. The summed E-state index contributed by atoms with van der Waals surface area (Å²) in [5.41, 5.74) is 16.7. The Balaban J connectivity index is 1.01. The minimum atomic E-state index is -0.592. The highest BCUT2D eigenvalue weighted by Gasteiger charge is 2.46. The van der Waals surface area contributed by atoms with Crippen LogP contribution >= 0.6 is 11.3 Å². The predicted molar refractivity (Wildman–Crippen MR) is 269 cm³/mol. The third kappa shape index (κ3) is 5.58. The molecule has 64 heavy (non-hydrogen) atoms. The number of thiophene rings is 1. The van der Waals surface area contributed by atoms with Crippen molar-refractivity contribution in [2.75, 3.05) is 4.90 Å². The van der Waals surface area contributed by atoms with Gasteiger partial charge in [-0.1, -0.05) is 188 Å². The van der Waals surface area contributed by atoms with Crippen LogP contribution in [0.4, 0.5) is 17.1 Å². The molecule has 1 unspecified atom stereocenters. The predicted octanol–water partition coefficient (Wildman–Crippen LogP) is 17.1. The summed E-state index contributed by atoms with van der Waals surface area (Å²) in [5, 5.41) is 4.86. The SMILES string of the molecule is c1ccc(-c2ccc(N(c3ccc4c(c3)C(c3ccccc3)(c3ccc(-c5cccc6c5oc5ccccc56)cc3)c3ccccc3-4)c3ccc4c(c3)sc3ccccc34)cc2)cc1. The monoisotopic (exact) mass is 833 g/mol. The van der Waals surface area contributed by atoms with Gasteiger partial charge in [-0.25, -0.2) is 0 Å². The van der Waals surface area contributed by atoms with Crippen molar-refractivity contribution < 1.29 is 4.42 Å². The third-order valence-electron chi connectivity index (χ3n) is 13.4. The lowest BCUT2D eigenvalue weighted by molar-refractivity contribution is 0.670. The fraction of sp³-hybridized carbons (Fsp3) is 0.0164. The third-order valence-corrected chi connectivity index (χ3v) is 14.5. The van der Waals surface area contributed by atoms with Gasteiger partial charge in [0.15, 0.2) is 0 Å². The fourth-order valence-electron chi connectivity index (χ4n) is 10.5. The van der Waals surface area contributed by atoms with Crippen molar-refractivity contribution >= 4 is 70.5 Å². The van der Waals surface area contributed by atoms with Gasteiger partial charge < -0.3 is 9.32 Å². The number of furan rings is 1. The van der Waals surface area contributed by atoms with Crippen LogP contribution in [0.15, 0.2) is 241 Å². The Bertz CT molecular complexity index is 3720. The number of hydrogen-bond donors (Lipinski definition) is 0. The zero-order chi connectivity index (χ0) is 42.2. The quantitative estimate of drug-likeness (QED) is 0.159. The van der Waals surface area contributed by atoms with Gasteiger partial charge in [0.2, 0.25) is 0 Å². The molecule has 1 aliphatic carbocycles. The topological polar surface area (TPSA) is 16.4 Å². The van der Waals surface area contributed by atoms with Crippen molar-refractivity contribution in [1.82, 2.24) is 0 Å². The molecule has 1 atom stereocenters. The van der Waals surface area contributed by atoms with Crippen molar-refractivity contribution in [2.24, 2.45) is 0 Å². The summed E-state index contributed by atoms with van der Waals surface area (Å²) in [7, 11) is 0. The van der Waals surface area contributed by atoms with Gasteiger partial charge in [-0.2, -0.15) is 0 Å². The summed E-state index contributed by atoms with van der Waals surface area (Å²) in [6, 6.07) is 86.7. The van der Waals surface area contributed by atoms with E-state index in [1.165, 1.54) is 64.7 Å². The Hall–Kier alpha value is -7.98. The number of fused-ring (bicyclic) bond motifs is 9. The summed E-state index contributed by atoms with van der Waals surface area (Å²) in [6.45, 7) is 0. The molecule has 0 amide bonds. The van der Waals surface area contributed by atoms with Gasteiger partial charge in [-0.05, 0) is 98.6 Å². The van der Waals surface area contributed by atoms with Crippen LogP contribution in [0, 0.1) is 0 Å². The van der Waals surface area contributed by atoms with Gasteiger partial charge in [0.1, 0.15) is 11.2 Å². The molecule has 0 aliphatic heterocycles. The van der Waals surface area contributed by atoms with Gasteiger partial charge in [0.25, 0.3) is 0 Å². The second-order valence-corrected chi connectivity index (χ2v) is 17.9. The van der Waals surface area contributed by atoms with Gasteiger partial charge in [-0.3, -0.25) is 0 Å². The lowest BCUT2D eigenvalue weighted by Gasteiger charge is -2.35.